The predicted octanol–water partition coefficient (Wildman–Crippen LogP) is 2.65. The second kappa shape index (κ2) is 4.39. The summed E-state index contributed by atoms with van der Waals surface area (Å²) in [5.41, 5.74) is 4.98. The molecule has 16 heavy (non-hydrogen) atoms. The molecule has 3 heteroatoms. The van der Waals surface area contributed by atoms with Gasteiger partial charge in [0, 0.05) is 19.8 Å². The first-order valence-corrected chi connectivity index (χ1v) is 5.43. The number of aromatic nitrogens is 2. The molecule has 0 aliphatic rings. The molecule has 1 aromatic carbocycles. The molecule has 1 N–H and O–H groups in total. The minimum absolute atomic E-state index is 0.841. The highest BCUT2D eigenvalue weighted by Gasteiger charge is 1.98. The molecule has 0 atom stereocenters. The van der Waals surface area contributed by atoms with Crippen molar-refractivity contribution in [2.45, 2.75) is 20.4 Å². The topological polar surface area (TPSA) is 29.9 Å². The Hall–Kier alpha value is -1.77. The van der Waals surface area contributed by atoms with Crippen LogP contribution in [0.4, 0.5) is 5.69 Å². The van der Waals surface area contributed by atoms with Crippen LogP contribution in [0, 0.1) is 13.8 Å². The lowest BCUT2D eigenvalue weighted by Gasteiger charge is -2.06. The van der Waals surface area contributed by atoms with E-state index in [1.54, 1.807) is 4.68 Å². The van der Waals surface area contributed by atoms with Crippen molar-refractivity contribution >= 4 is 5.69 Å². The molecule has 0 saturated carbocycles. The van der Waals surface area contributed by atoms with Crippen LogP contribution in [-0.2, 0) is 13.6 Å². The van der Waals surface area contributed by atoms with Gasteiger partial charge in [-0.3, -0.25) is 4.68 Å². The van der Waals surface area contributed by atoms with E-state index in [2.05, 4.69) is 42.5 Å². The smallest absolute Gasteiger partial charge is 0.0729 e. The molecule has 0 fully saturated rings. The SMILES string of the molecule is Cc1cc(C)cc(CNc2cnn(C)c2)c1. The lowest BCUT2D eigenvalue weighted by molar-refractivity contribution is 0.768. The summed E-state index contributed by atoms with van der Waals surface area (Å²) in [6, 6.07) is 6.60. The van der Waals surface area contributed by atoms with Crippen LogP contribution in [0.25, 0.3) is 0 Å². The number of anilines is 1. The molecule has 84 valence electrons. The lowest BCUT2D eigenvalue weighted by atomic mass is 10.1. The fourth-order valence-electron chi connectivity index (χ4n) is 1.89. The molecule has 0 radical (unpaired) electrons. The van der Waals surface area contributed by atoms with E-state index in [1.807, 2.05) is 19.4 Å². The number of nitrogens with one attached hydrogen (secondary N) is 1. The lowest BCUT2D eigenvalue weighted by Crippen LogP contribution is -1.99. The molecule has 0 saturated heterocycles. The first-order valence-electron chi connectivity index (χ1n) is 5.43. The Morgan fingerprint density at radius 1 is 1.19 bits per heavy atom. The Bertz CT molecular complexity index is 465. The molecule has 0 bridgehead atoms. The zero-order chi connectivity index (χ0) is 11.5. The van der Waals surface area contributed by atoms with Crippen LogP contribution in [0.5, 0.6) is 0 Å². The highest BCUT2D eigenvalue weighted by Crippen LogP contribution is 2.11. The second-order valence-electron chi connectivity index (χ2n) is 4.25. The van der Waals surface area contributed by atoms with Gasteiger partial charge in [0.25, 0.3) is 0 Å². The van der Waals surface area contributed by atoms with Crippen molar-refractivity contribution in [3.8, 4) is 0 Å². The van der Waals surface area contributed by atoms with E-state index in [1.165, 1.54) is 16.7 Å². The highest BCUT2D eigenvalue weighted by molar-refractivity contribution is 5.40. The van der Waals surface area contributed by atoms with Crippen LogP contribution in [0.1, 0.15) is 16.7 Å². The molecule has 2 rings (SSSR count). The number of benzene rings is 1. The second-order valence-corrected chi connectivity index (χ2v) is 4.25. The third-order valence-electron chi connectivity index (χ3n) is 2.48. The predicted molar refractivity (Wildman–Crippen MR) is 66.5 cm³/mol. The van der Waals surface area contributed by atoms with Crippen molar-refractivity contribution < 1.29 is 0 Å². The fourth-order valence-corrected chi connectivity index (χ4v) is 1.89. The molecule has 2 aromatic rings. The van der Waals surface area contributed by atoms with E-state index in [-0.39, 0.29) is 0 Å². The zero-order valence-electron chi connectivity index (χ0n) is 9.99. The Labute approximate surface area is 96.1 Å². The maximum atomic E-state index is 4.12. The Morgan fingerprint density at radius 2 is 1.88 bits per heavy atom. The van der Waals surface area contributed by atoms with Crippen molar-refractivity contribution in [3.05, 3.63) is 47.3 Å². The van der Waals surface area contributed by atoms with Crippen LogP contribution in [0.2, 0.25) is 0 Å². The largest absolute Gasteiger partial charge is 0.378 e. The molecular formula is C13H17N3. The summed E-state index contributed by atoms with van der Waals surface area (Å²) < 4.78 is 1.80. The van der Waals surface area contributed by atoms with Crippen LogP contribution in [0.15, 0.2) is 30.6 Å². The highest BCUT2D eigenvalue weighted by atomic mass is 15.3. The maximum absolute atomic E-state index is 4.12. The first kappa shape index (κ1) is 10.7. The van der Waals surface area contributed by atoms with E-state index in [0.29, 0.717) is 0 Å². The van der Waals surface area contributed by atoms with Gasteiger partial charge in [-0.05, 0) is 19.4 Å². The fraction of sp³-hybridized carbons (Fsp3) is 0.308. The summed E-state index contributed by atoms with van der Waals surface area (Å²) in [6.45, 7) is 5.09. The number of hydrogen-bond donors (Lipinski definition) is 1. The average Bonchev–Trinajstić information content (AvgIpc) is 2.60. The van der Waals surface area contributed by atoms with Gasteiger partial charge >= 0.3 is 0 Å². The van der Waals surface area contributed by atoms with Gasteiger partial charge in [0.05, 0.1) is 11.9 Å². The normalized spacial score (nSPS) is 10.4. The van der Waals surface area contributed by atoms with E-state index in [4.69, 9.17) is 0 Å². The summed E-state index contributed by atoms with van der Waals surface area (Å²) in [7, 11) is 1.92. The van der Waals surface area contributed by atoms with E-state index in [0.717, 1.165) is 12.2 Å². The molecule has 3 nitrogen and oxygen atoms in total. The molecule has 0 aliphatic heterocycles. The quantitative estimate of drug-likeness (QED) is 0.853. The standard InChI is InChI=1S/C13H17N3/c1-10-4-11(2)6-12(5-10)7-14-13-8-15-16(3)9-13/h4-6,8-9,14H,7H2,1-3H3. The van der Waals surface area contributed by atoms with Crippen molar-refractivity contribution in [1.82, 2.24) is 9.78 Å². The summed E-state index contributed by atoms with van der Waals surface area (Å²) >= 11 is 0. The van der Waals surface area contributed by atoms with E-state index >= 15 is 0 Å². The first-order chi connectivity index (χ1) is 7.63. The van der Waals surface area contributed by atoms with Crippen molar-refractivity contribution in [3.63, 3.8) is 0 Å². The molecule has 0 aliphatic carbocycles. The minimum atomic E-state index is 0.841. The summed E-state index contributed by atoms with van der Waals surface area (Å²) in [5.74, 6) is 0. The number of hydrogen-bond acceptors (Lipinski definition) is 2. The summed E-state index contributed by atoms with van der Waals surface area (Å²) in [4.78, 5) is 0. The van der Waals surface area contributed by atoms with Crippen molar-refractivity contribution in [2.24, 2.45) is 7.05 Å². The molecule has 1 aromatic heterocycles. The van der Waals surface area contributed by atoms with Gasteiger partial charge in [0.2, 0.25) is 0 Å². The third-order valence-corrected chi connectivity index (χ3v) is 2.48. The monoisotopic (exact) mass is 215 g/mol. The third kappa shape index (κ3) is 2.63. The van der Waals surface area contributed by atoms with Crippen LogP contribution >= 0.6 is 0 Å². The minimum Gasteiger partial charge on any atom is -0.378 e. The van der Waals surface area contributed by atoms with Crippen LogP contribution < -0.4 is 5.32 Å². The van der Waals surface area contributed by atoms with Crippen molar-refractivity contribution in [2.75, 3.05) is 5.32 Å². The van der Waals surface area contributed by atoms with Gasteiger partial charge < -0.3 is 5.32 Å². The van der Waals surface area contributed by atoms with Gasteiger partial charge in [0.15, 0.2) is 0 Å². The van der Waals surface area contributed by atoms with Gasteiger partial charge in [-0.2, -0.15) is 5.10 Å². The number of rotatable bonds is 3. The zero-order valence-corrected chi connectivity index (χ0v) is 9.99. The van der Waals surface area contributed by atoms with Crippen LogP contribution in [-0.4, -0.2) is 9.78 Å². The van der Waals surface area contributed by atoms with Crippen LogP contribution in [0.3, 0.4) is 0 Å². The van der Waals surface area contributed by atoms with Gasteiger partial charge in [-0.1, -0.05) is 29.3 Å². The van der Waals surface area contributed by atoms with E-state index < -0.39 is 0 Å². The number of aryl methyl sites for hydroxylation is 3. The van der Waals surface area contributed by atoms with Gasteiger partial charge in [0.1, 0.15) is 0 Å². The maximum Gasteiger partial charge on any atom is 0.0729 e. The van der Waals surface area contributed by atoms with Crippen molar-refractivity contribution in [1.29, 1.82) is 0 Å². The van der Waals surface area contributed by atoms with E-state index in [9.17, 15) is 0 Å². The average molecular weight is 215 g/mol. The van der Waals surface area contributed by atoms with Gasteiger partial charge in [-0.25, -0.2) is 0 Å². The number of nitrogens with zero attached hydrogens (tertiary/aromatic N) is 2. The summed E-state index contributed by atoms with van der Waals surface area (Å²) in [5, 5.41) is 7.47. The van der Waals surface area contributed by atoms with Gasteiger partial charge in [-0.15, -0.1) is 0 Å². The summed E-state index contributed by atoms with van der Waals surface area (Å²) in [6.07, 6.45) is 3.81. The molecule has 0 spiro atoms. The molecule has 0 unspecified atom stereocenters. The molecule has 0 amide bonds. The Kier molecular flexibility index (Phi) is 2.95. The Balaban J connectivity index is 2.04. The Morgan fingerprint density at radius 3 is 2.44 bits per heavy atom. The molecular weight excluding hydrogens is 198 g/mol. The molecule has 1 heterocycles.